The Balaban J connectivity index is 0.000000796. The zero-order chi connectivity index (χ0) is 15.9. The van der Waals surface area contributed by atoms with Gasteiger partial charge in [0.1, 0.15) is 5.75 Å². The summed E-state index contributed by atoms with van der Waals surface area (Å²) in [7, 11) is 0. The van der Waals surface area contributed by atoms with Gasteiger partial charge in [0.2, 0.25) is 0 Å². The number of hydrogen-bond acceptors (Lipinski definition) is 4. The van der Waals surface area contributed by atoms with Gasteiger partial charge in [-0.05, 0) is 52.0 Å². The van der Waals surface area contributed by atoms with Crippen molar-refractivity contribution in [1.82, 2.24) is 0 Å². The Labute approximate surface area is 117 Å². The smallest absolute Gasteiger partial charge is 0.347 e. The van der Waals surface area contributed by atoms with Gasteiger partial charge >= 0.3 is 11.9 Å². The van der Waals surface area contributed by atoms with Gasteiger partial charge in [-0.1, -0.05) is 0 Å². The average molecular weight is 284 g/mol. The SMILES string of the molecule is CC(C)(Oc1ccc(C(=O)O)cc1)C(=O)O.CC(C)O. The molecule has 112 valence electrons. The van der Waals surface area contributed by atoms with Crippen LogP contribution in [-0.4, -0.2) is 39.0 Å². The fourth-order valence-corrected chi connectivity index (χ4v) is 1.00. The van der Waals surface area contributed by atoms with Crippen molar-refractivity contribution >= 4 is 11.9 Å². The lowest BCUT2D eigenvalue weighted by Gasteiger charge is -2.21. The molecule has 0 radical (unpaired) electrons. The second kappa shape index (κ2) is 7.49. The van der Waals surface area contributed by atoms with Crippen LogP contribution in [0.3, 0.4) is 0 Å². The summed E-state index contributed by atoms with van der Waals surface area (Å²) in [5.41, 5.74) is -1.22. The number of aliphatic hydroxyl groups excluding tert-OH is 1. The van der Waals surface area contributed by atoms with E-state index in [1.807, 2.05) is 0 Å². The predicted molar refractivity (Wildman–Crippen MR) is 73.1 cm³/mol. The van der Waals surface area contributed by atoms with Crippen LogP contribution in [0.5, 0.6) is 5.75 Å². The maximum atomic E-state index is 10.8. The largest absolute Gasteiger partial charge is 0.478 e. The summed E-state index contributed by atoms with van der Waals surface area (Å²) < 4.78 is 5.21. The first-order valence-electron chi connectivity index (χ1n) is 6.00. The van der Waals surface area contributed by atoms with E-state index in [1.54, 1.807) is 13.8 Å². The highest BCUT2D eigenvalue weighted by atomic mass is 16.5. The van der Waals surface area contributed by atoms with Gasteiger partial charge in [-0.25, -0.2) is 9.59 Å². The summed E-state index contributed by atoms with van der Waals surface area (Å²) in [6.45, 7) is 6.28. The molecule has 0 aliphatic heterocycles. The molecule has 0 fully saturated rings. The Kier molecular flexibility index (Phi) is 6.72. The van der Waals surface area contributed by atoms with E-state index in [2.05, 4.69) is 0 Å². The van der Waals surface area contributed by atoms with Crippen LogP contribution in [0.1, 0.15) is 38.1 Å². The second-order valence-corrected chi connectivity index (χ2v) is 4.84. The zero-order valence-corrected chi connectivity index (χ0v) is 12.0. The highest BCUT2D eigenvalue weighted by Gasteiger charge is 2.29. The van der Waals surface area contributed by atoms with Crippen molar-refractivity contribution in [3.05, 3.63) is 29.8 Å². The van der Waals surface area contributed by atoms with Crippen LogP contribution < -0.4 is 4.74 Å². The van der Waals surface area contributed by atoms with Crippen LogP contribution in [0, 0.1) is 0 Å². The van der Waals surface area contributed by atoms with Gasteiger partial charge in [0.25, 0.3) is 0 Å². The first kappa shape index (κ1) is 17.9. The number of ether oxygens (including phenoxy) is 1. The molecule has 1 rings (SSSR count). The van der Waals surface area contributed by atoms with Crippen LogP contribution in [0.25, 0.3) is 0 Å². The molecule has 1 aromatic rings. The molecule has 0 atom stereocenters. The molecular formula is C14H20O6. The van der Waals surface area contributed by atoms with Crippen molar-refractivity contribution in [2.75, 3.05) is 0 Å². The van der Waals surface area contributed by atoms with E-state index in [9.17, 15) is 9.59 Å². The van der Waals surface area contributed by atoms with Crippen LogP contribution >= 0.6 is 0 Å². The van der Waals surface area contributed by atoms with E-state index in [0.717, 1.165) is 0 Å². The van der Waals surface area contributed by atoms with E-state index in [-0.39, 0.29) is 11.7 Å². The molecule has 0 saturated heterocycles. The summed E-state index contributed by atoms with van der Waals surface area (Å²) in [5, 5.41) is 25.5. The van der Waals surface area contributed by atoms with Crippen molar-refractivity contribution in [3.8, 4) is 5.75 Å². The standard InChI is InChI=1S/C11H12O5.C3H8O/c1-11(2,10(14)15)16-8-5-3-7(4-6-8)9(12)13;1-3(2)4/h3-6H,1-2H3,(H,12,13)(H,14,15);3-4H,1-2H3. The van der Waals surface area contributed by atoms with Gasteiger partial charge in [0.05, 0.1) is 5.56 Å². The van der Waals surface area contributed by atoms with Crippen molar-refractivity contribution < 1.29 is 29.6 Å². The van der Waals surface area contributed by atoms with Crippen molar-refractivity contribution in [2.24, 2.45) is 0 Å². The summed E-state index contributed by atoms with van der Waals surface area (Å²) in [6, 6.07) is 5.56. The maximum Gasteiger partial charge on any atom is 0.347 e. The van der Waals surface area contributed by atoms with Crippen LogP contribution in [-0.2, 0) is 4.79 Å². The molecule has 0 unspecified atom stereocenters. The molecular weight excluding hydrogens is 264 g/mol. The van der Waals surface area contributed by atoms with Crippen molar-refractivity contribution in [3.63, 3.8) is 0 Å². The molecule has 20 heavy (non-hydrogen) atoms. The third-order valence-corrected chi connectivity index (χ3v) is 1.99. The summed E-state index contributed by atoms with van der Waals surface area (Å²) in [5.74, 6) is -1.81. The molecule has 0 spiro atoms. The molecule has 0 heterocycles. The van der Waals surface area contributed by atoms with E-state index in [1.165, 1.54) is 38.1 Å². The number of aliphatic hydroxyl groups is 1. The Morgan fingerprint density at radius 1 is 1.10 bits per heavy atom. The Hall–Kier alpha value is -2.08. The minimum Gasteiger partial charge on any atom is -0.478 e. The van der Waals surface area contributed by atoms with E-state index in [4.69, 9.17) is 20.1 Å². The quantitative estimate of drug-likeness (QED) is 0.781. The van der Waals surface area contributed by atoms with Crippen molar-refractivity contribution in [1.29, 1.82) is 0 Å². The molecule has 6 heteroatoms. The Morgan fingerprint density at radius 2 is 1.50 bits per heavy atom. The molecule has 0 saturated carbocycles. The molecule has 1 aromatic carbocycles. The van der Waals surface area contributed by atoms with E-state index < -0.39 is 17.5 Å². The number of rotatable bonds is 4. The highest BCUT2D eigenvalue weighted by Crippen LogP contribution is 2.19. The van der Waals surface area contributed by atoms with E-state index >= 15 is 0 Å². The first-order valence-corrected chi connectivity index (χ1v) is 6.00. The minimum absolute atomic E-state index is 0.125. The summed E-state index contributed by atoms with van der Waals surface area (Å²) in [4.78, 5) is 21.4. The molecule has 0 aliphatic rings. The number of carbonyl (C=O) groups is 2. The Bertz CT molecular complexity index is 444. The first-order chi connectivity index (χ1) is 9.06. The lowest BCUT2D eigenvalue weighted by molar-refractivity contribution is -0.152. The number of aromatic carboxylic acids is 1. The maximum absolute atomic E-state index is 10.8. The third kappa shape index (κ3) is 6.75. The number of benzene rings is 1. The number of hydrogen-bond donors (Lipinski definition) is 3. The Morgan fingerprint density at radius 3 is 1.80 bits per heavy atom. The van der Waals surface area contributed by atoms with Gasteiger partial charge < -0.3 is 20.1 Å². The fraction of sp³-hybridized carbons (Fsp3) is 0.429. The third-order valence-electron chi connectivity index (χ3n) is 1.99. The number of aliphatic carboxylic acids is 1. The molecule has 0 aliphatic carbocycles. The second-order valence-electron chi connectivity index (χ2n) is 4.84. The normalized spacial score (nSPS) is 10.5. The summed E-state index contributed by atoms with van der Waals surface area (Å²) in [6.07, 6.45) is -0.167. The minimum atomic E-state index is -1.34. The summed E-state index contributed by atoms with van der Waals surface area (Å²) >= 11 is 0. The van der Waals surface area contributed by atoms with Gasteiger partial charge in [0.15, 0.2) is 5.60 Å². The monoisotopic (exact) mass is 284 g/mol. The van der Waals surface area contributed by atoms with Crippen molar-refractivity contribution in [2.45, 2.75) is 39.4 Å². The number of carboxylic acid groups (broad SMARTS) is 2. The zero-order valence-electron chi connectivity index (χ0n) is 12.0. The van der Waals surface area contributed by atoms with Gasteiger partial charge in [-0.3, -0.25) is 0 Å². The van der Waals surface area contributed by atoms with Gasteiger partial charge in [-0.15, -0.1) is 0 Å². The highest BCUT2D eigenvalue weighted by molar-refractivity contribution is 5.87. The van der Waals surface area contributed by atoms with Crippen LogP contribution in [0.15, 0.2) is 24.3 Å². The topological polar surface area (TPSA) is 104 Å². The van der Waals surface area contributed by atoms with Gasteiger partial charge in [-0.2, -0.15) is 0 Å². The average Bonchev–Trinajstić information content (AvgIpc) is 2.28. The molecule has 3 N–H and O–H groups in total. The molecule has 0 aromatic heterocycles. The fourth-order valence-electron chi connectivity index (χ4n) is 1.00. The predicted octanol–water partition coefficient (Wildman–Crippen LogP) is 2.01. The van der Waals surface area contributed by atoms with Gasteiger partial charge in [0, 0.05) is 6.10 Å². The van der Waals surface area contributed by atoms with Crippen LogP contribution in [0.4, 0.5) is 0 Å². The van der Waals surface area contributed by atoms with Crippen LogP contribution in [0.2, 0.25) is 0 Å². The lowest BCUT2D eigenvalue weighted by atomic mass is 10.1. The lowest BCUT2D eigenvalue weighted by Crippen LogP contribution is -2.37. The molecule has 0 bridgehead atoms. The molecule has 0 amide bonds. The van der Waals surface area contributed by atoms with E-state index in [0.29, 0.717) is 5.75 Å². The molecule has 6 nitrogen and oxygen atoms in total. The number of carboxylic acids is 2.